The van der Waals surface area contributed by atoms with Gasteiger partial charge in [-0.2, -0.15) is 0 Å². The molecule has 47 heavy (non-hydrogen) atoms. The zero-order chi connectivity index (χ0) is 34.0. The topological polar surface area (TPSA) is 131 Å². The Labute approximate surface area is 277 Å². The maximum Gasteiger partial charge on any atom is 0.251 e. The van der Waals surface area contributed by atoms with Gasteiger partial charge in [0.1, 0.15) is 5.75 Å². The van der Waals surface area contributed by atoms with E-state index in [1.54, 1.807) is 24.3 Å². The van der Waals surface area contributed by atoms with Crippen molar-refractivity contribution in [2.75, 3.05) is 6.54 Å². The number of aliphatic hydroxyl groups is 2. The molecule has 0 aromatic heterocycles. The van der Waals surface area contributed by atoms with E-state index in [1.807, 2.05) is 55.5 Å². The molecule has 0 spiro atoms. The SMILES string of the molecule is C[C@H](Cc1cccc(CC(=O)NCc2ccc(C(=O)NCc3ccc(C(C)(C)C)cc3)cc2)c1)NC[C@@H](O)c1ccc(O)c(CO)c1. The minimum Gasteiger partial charge on any atom is -0.508 e. The first-order valence-electron chi connectivity index (χ1n) is 16.1. The molecule has 2 amide bonds. The molecule has 4 aromatic carbocycles. The molecule has 2 atom stereocenters. The number of amides is 2. The second kappa shape index (κ2) is 16.4. The maximum atomic E-state index is 12.7. The van der Waals surface area contributed by atoms with Crippen molar-refractivity contribution in [2.24, 2.45) is 0 Å². The van der Waals surface area contributed by atoms with Crippen molar-refractivity contribution in [3.63, 3.8) is 0 Å². The highest BCUT2D eigenvalue weighted by molar-refractivity contribution is 5.94. The van der Waals surface area contributed by atoms with E-state index in [-0.39, 0.29) is 42.0 Å². The molecule has 248 valence electrons. The van der Waals surface area contributed by atoms with Crippen molar-refractivity contribution in [1.82, 2.24) is 16.0 Å². The Balaban J connectivity index is 1.19. The molecule has 0 aliphatic rings. The lowest BCUT2D eigenvalue weighted by molar-refractivity contribution is -0.120. The molecule has 0 saturated carbocycles. The highest BCUT2D eigenvalue weighted by Gasteiger charge is 2.14. The second-order valence-electron chi connectivity index (χ2n) is 13.2. The summed E-state index contributed by atoms with van der Waals surface area (Å²) < 4.78 is 0. The number of phenols is 1. The van der Waals surface area contributed by atoms with E-state index in [1.165, 1.54) is 11.6 Å². The van der Waals surface area contributed by atoms with Crippen molar-refractivity contribution >= 4 is 11.8 Å². The lowest BCUT2D eigenvalue weighted by Gasteiger charge is -2.19. The van der Waals surface area contributed by atoms with Crippen LogP contribution in [0, 0.1) is 0 Å². The van der Waals surface area contributed by atoms with Gasteiger partial charge in [0.15, 0.2) is 0 Å². The number of hydrogen-bond donors (Lipinski definition) is 6. The summed E-state index contributed by atoms with van der Waals surface area (Å²) in [5.41, 5.74) is 6.84. The van der Waals surface area contributed by atoms with Gasteiger partial charge in [0.2, 0.25) is 5.91 Å². The number of carbonyl (C=O) groups excluding carboxylic acids is 2. The number of aromatic hydroxyl groups is 1. The number of rotatable bonds is 14. The number of benzene rings is 4. The standard InChI is InChI=1S/C39H47N3O5/c1-26(40-24-36(45)32-14-17-35(44)33(21-32)25-43)18-29-6-5-7-30(19-29)20-37(46)41-22-27-8-12-31(13-9-27)38(47)42-23-28-10-15-34(16-11-28)39(2,3)4/h5-17,19,21,26,36,40,43-45H,18,20,22-25H2,1-4H3,(H,41,46)(H,42,47)/t26-,36-/m1/s1. The fourth-order valence-corrected chi connectivity index (χ4v) is 5.29. The number of carbonyl (C=O) groups is 2. The quantitative estimate of drug-likeness (QED) is 0.112. The molecule has 0 radical (unpaired) electrons. The van der Waals surface area contributed by atoms with Crippen molar-refractivity contribution in [1.29, 1.82) is 0 Å². The highest BCUT2D eigenvalue weighted by Crippen LogP contribution is 2.23. The summed E-state index contributed by atoms with van der Waals surface area (Å²) in [5, 5.41) is 38.9. The first-order chi connectivity index (χ1) is 22.4. The van der Waals surface area contributed by atoms with E-state index in [9.17, 15) is 24.9 Å². The lowest BCUT2D eigenvalue weighted by Crippen LogP contribution is -2.32. The van der Waals surface area contributed by atoms with Crippen molar-refractivity contribution in [2.45, 2.75) is 77.8 Å². The Morgan fingerprint density at radius 2 is 1.43 bits per heavy atom. The molecule has 4 rings (SSSR count). The molecule has 0 aliphatic heterocycles. The van der Waals surface area contributed by atoms with Crippen LogP contribution in [0.5, 0.6) is 5.75 Å². The van der Waals surface area contributed by atoms with Crippen molar-refractivity contribution < 1.29 is 24.9 Å². The van der Waals surface area contributed by atoms with Crippen LogP contribution in [0.25, 0.3) is 0 Å². The summed E-state index contributed by atoms with van der Waals surface area (Å²) >= 11 is 0. The van der Waals surface area contributed by atoms with Crippen LogP contribution in [-0.4, -0.2) is 39.7 Å². The van der Waals surface area contributed by atoms with Crippen LogP contribution in [0.2, 0.25) is 0 Å². The average Bonchev–Trinajstić information content (AvgIpc) is 3.05. The van der Waals surface area contributed by atoms with Gasteiger partial charge in [-0.3, -0.25) is 9.59 Å². The van der Waals surface area contributed by atoms with Crippen LogP contribution >= 0.6 is 0 Å². The fraction of sp³-hybridized carbons (Fsp3) is 0.333. The van der Waals surface area contributed by atoms with Crippen LogP contribution < -0.4 is 16.0 Å². The molecule has 8 heteroatoms. The number of hydrogen-bond acceptors (Lipinski definition) is 6. The van der Waals surface area contributed by atoms with E-state index in [4.69, 9.17) is 0 Å². The van der Waals surface area contributed by atoms with E-state index < -0.39 is 6.10 Å². The second-order valence-corrected chi connectivity index (χ2v) is 13.2. The predicted octanol–water partition coefficient (Wildman–Crippen LogP) is 5.23. The summed E-state index contributed by atoms with van der Waals surface area (Å²) in [4.78, 5) is 25.4. The van der Waals surface area contributed by atoms with Crippen LogP contribution in [0.4, 0.5) is 0 Å². The molecule has 0 aliphatic carbocycles. The monoisotopic (exact) mass is 637 g/mol. The number of nitrogens with one attached hydrogen (secondary N) is 3. The molecule has 0 saturated heterocycles. The molecule has 0 heterocycles. The average molecular weight is 638 g/mol. The molecule has 8 nitrogen and oxygen atoms in total. The first kappa shape index (κ1) is 35.4. The van der Waals surface area contributed by atoms with E-state index in [0.717, 1.165) is 22.3 Å². The van der Waals surface area contributed by atoms with Crippen molar-refractivity contribution in [3.8, 4) is 5.75 Å². The van der Waals surface area contributed by atoms with Crippen LogP contribution in [0.1, 0.15) is 83.1 Å². The molecule has 6 N–H and O–H groups in total. The Hall–Kier alpha value is -4.50. The number of aliphatic hydroxyl groups excluding tert-OH is 2. The van der Waals surface area contributed by atoms with Gasteiger partial charge < -0.3 is 31.3 Å². The van der Waals surface area contributed by atoms with E-state index in [0.29, 0.717) is 42.7 Å². The van der Waals surface area contributed by atoms with Gasteiger partial charge in [-0.1, -0.05) is 87.5 Å². The van der Waals surface area contributed by atoms with Crippen LogP contribution in [-0.2, 0) is 42.7 Å². The Kier molecular flexibility index (Phi) is 12.3. The minimum absolute atomic E-state index is 0.00274. The van der Waals surface area contributed by atoms with Gasteiger partial charge in [-0.25, -0.2) is 0 Å². The van der Waals surface area contributed by atoms with Crippen LogP contribution in [0.15, 0.2) is 91.0 Å². The predicted molar refractivity (Wildman–Crippen MR) is 185 cm³/mol. The molecular weight excluding hydrogens is 590 g/mol. The minimum atomic E-state index is -0.784. The van der Waals surface area contributed by atoms with Gasteiger partial charge in [0, 0.05) is 36.8 Å². The third-order valence-electron chi connectivity index (χ3n) is 8.20. The zero-order valence-corrected chi connectivity index (χ0v) is 27.7. The van der Waals surface area contributed by atoms with Gasteiger partial charge >= 0.3 is 0 Å². The lowest BCUT2D eigenvalue weighted by atomic mass is 9.87. The van der Waals surface area contributed by atoms with Gasteiger partial charge in [0.25, 0.3) is 5.91 Å². The van der Waals surface area contributed by atoms with Gasteiger partial charge in [-0.05, 0) is 76.4 Å². The molecule has 0 fully saturated rings. The summed E-state index contributed by atoms with van der Waals surface area (Å²) in [7, 11) is 0. The third kappa shape index (κ3) is 10.8. The molecule has 0 bridgehead atoms. The van der Waals surface area contributed by atoms with Gasteiger partial charge in [0.05, 0.1) is 19.1 Å². The highest BCUT2D eigenvalue weighted by atomic mass is 16.3. The largest absolute Gasteiger partial charge is 0.508 e. The summed E-state index contributed by atoms with van der Waals surface area (Å²) in [6, 6.07) is 28.2. The summed E-state index contributed by atoms with van der Waals surface area (Å²) in [6.07, 6.45) is 0.177. The Morgan fingerprint density at radius 1 is 0.787 bits per heavy atom. The van der Waals surface area contributed by atoms with E-state index >= 15 is 0 Å². The Bertz CT molecular complexity index is 1630. The Morgan fingerprint density at radius 3 is 2.09 bits per heavy atom. The van der Waals surface area contributed by atoms with Gasteiger partial charge in [-0.15, -0.1) is 0 Å². The van der Waals surface area contributed by atoms with Crippen molar-refractivity contribution in [3.05, 3.63) is 136 Å². The molecule has 0 unspecified atom stereocenters. The summed E-state index contributed by atoms with van der Waals surface area (Å²) in [6.45, 7) is 9.39. The third-order valence-corrected chi connectivity index (χ3v) is 8.20. The summed E-state index contributed by atoms with van der Waals surface area (Å²) in [5.74, 6) is -0.232. The normalized spacial score (nSPS) is 12.7. The van der Waals surface area contributed by atoms with E-state index in [2.05, 4.69) is 48.9 Å². The maximum absolute atomic E-state index is 12.7. The first-order valence-corrected chi connectivity index (χ1v) is 16.1. The molecule has 4 aromatic rings. The zero-order valence-electron chi connectivity index (χ0n) is 27.7. The van der Waals surface area contributed by atoms with Crippen LogP contribution in [0.3, 0.4) is 0 Å². The molecular formula is C39H47N3O5. The fourth-order valence-electron chi connectivity index (χ4n) is 5.29. The smallest absolute Gasteiger partial charge is 0.251 e.